The molecule has 2 aromatic rings. The third kappa shape index (κ3) is 4.67. The van der Waals surface area contributed by atoms with Crippen LogP contribution >= 0.6 is 0 Å². The van der Waals surface area contributed by atoms with Gasteiger partial charge in [0.15, 0.2) is 0 Å². The van der Waals surface area contributed by atoms with E-state index in [1.54, 1.807) is 0 Å². The minimum atomic E-state index is -1.26. The van der Waals surface area contributed by atoms with Crippen molar-refractivity contribution in [1.29, 1.82) is 0 Å². The molecular formula is C19H20N2O4. The number of carboxylic acid groups (broad SMARTS) is 2. The summed E-state index contributed by atoms with van der Waals surface area (Å²) in [5.41, 5.74) is 6.39. The standard InChI is InChI=1S/C15H16N2.C4H4O4/c1-11-15-10-14(13-6-4-3-5-7-13)12(2)17(15)9-8-16-11;5-3(6)1-2-4(7)8/h3-7,10H,8-9H2,1-2H3;1-2H,(H,5,6)(H,7,8)/b;2-1+. The predicted molar refractivity (Wildman–Crippen MR) is 96.1 cm³/mol. The molecule has 0 amide bonds. The van der Waals surface area contributed by atoms with E-state index >= 15 is 0 Å². The zero-order valence-electron chi connectivity index (χ0n) is 14.1. The first kappa shape index (κ1) is 18.2. The average Bonchev–Trinajstić information content (AvgIpc) is 2.93. The van der Waals surface area contributed by atoms with Crippen LogP contribution in [0.25, 0.3) is 11.1 Å². The first-order chi connectivity index (χ1) is 11.9. The summed E-state index contributed by atoms with van der Waals surface area (Å²) in [6.45, 7) is 6.21. The van der Waals surface area contributed by atoms with E-state index in [0.717, 1.165) is 18.8 Å². The summed E-state index contributed by atoms with van der Waals surface area (Å²) in [6.07, 6.45) is 1.12. The largest absolute Gasteiger partial charge is 0.478 e. The van der Waals surface area contributed by atoms with Gasteiger partial charge in [-0.25, -0.2) is 9.59 Å². The highest BCUT2D eigenvalue weighted by Gasteiger charge is 2.16. The van der Waals surface area contributed by atoms with Crippen molar-refractivity contribution in [2.24, 2.45) is 4.99 Å². The number of nitrogens with zero attached hydrogens (tertiary/aromatic N) is 2. The second-order valence-electron chi connectivity index (χ2n) is 5.52. The Kier molecular flexibility index (Phi) is 5.89. The number of aliphatic carboxylic acids is 2. The van der Waals surface area contributed by atoms with E-state index in [1.807, 2.05) is 0 Å². The van der Waals surface area contributed by atoms with Gasteiger partial charge in [0.2, 0.25) is 0 Å². The summed E-state index contributed by atoms with van der Waals surface area (Å²) in [7, 11) is 0. The van der Waals surface area contributed by atoms with Crippen molar-refractivity contribution in [3.05, 3.63) is 59.9 Å². The molecule has 3 rings (SSSR count). The highest BCUT2D eigenvalue weighted by molar-refractivity contribution is 5.99. The van der Waals surface area contributed by atoms with E-state index in [-0.39, 0.29) is 0 Å². The van der Waals surface area contributed by atoms with Crippen molar-refractivity contribution in [3.8, 4) is 11.1 Å². The number of benzene rings is 1. The molecule has 0 radical (unpaired) electrons. The molecule has 6 nitrogen and oxygen atoms in total. The smallest absolute Gasteiger partial charge is 0.328 e. The van der Waals surface area contributed by atoms with Gasteiger partial charge in [-0.05, 0) is 25.5 Å². The normalized spacial score (nSPS) is 12.8. The molecule has 0 spiro atoms. The molecule has 1 aromatic carbocycles. The first-order valence-corrected chi connectivity index (χ1v) is 7.81. The fourth-order valence-corrected chi connectivity index (χ4v) is 2.68. The summed E-state index contributed by atoms with van der Waals surface area (Å²) in [6, 6.07) is 12.8. The molecule has 0 saturated carbocycles. The maximum atomic E-state index is 9.55. The Morgan fingerprint density at radius 2 is 1.68 bits per heavy atom. The number of aromatic nitrogens is 1. The van der Waals surface area contributed by atoms with Gasteiger partial charge in [-0.2, -0.15) is 0 Å². The SMILES string of the molecule is CC1=NCCn2c1cc(-c1ccccc1)c2C.O=C(O)/C=C/C(=O)O. The molecule has 2 heterocycles. The summed E-state index contributed by atoms with van der Waals surface area (Å²) in [5.74, 6) is -2.51. The van der Waals surface area contributed by atoms with E-state index in [0.29, 0.717) is 12.2 Å². The van der Waals surface area contributed by atoms with Crippen molar-refractivity contribution in [2.75, 3.05) is 6.54 Å². The Hall–Kier alpha value is -3.15. The van der Waals surface area contributed by atoms with Gasteiger partial charge < -0.3 is 14.8 Å². The van der Waals surface area contributed by atoms with Gasteiger partial charge in [0.05, 0.1) is 18.0 Å². The van der Waals surface area contributed by atoms with Crippen molar-refractivity contribution >= 4 is 17.7 Å². The molecule has 0 bridgehead atoms. The number of hydrogen-bond acceptors (Lipinski definition) is 3. The van der Waals surface area contributed by atoms with Crippen LogP contribution < -0.4 is 0 Å². The van der Waals surface area contributed by atoms with Gasteiger partial charge in [0, 0.05) is 30.0 Å². The lowest BCUT2D eigenvalue weighted by Crippen LogP contribution is -2.16. The first-order valence-electron chi connectivity index (χ1n) is 7.81. The highest BCUT2D eigenvalue weighted by Crippen LogP contribution is 2.28. The van der Waals surface area contributed by atoms with Gasteiger partial charge >= 0.3 is 11.9 Å². The molecule has 6 heteroatoms. The van der Waals surface area contributed by atoms with Crippen molar-refractivity contribution in [2.45, 2.75) is 20.4 Å². The molecule has 1 aliphatic heterocycles. The van der Waals surface area contributed by atoms with Gasteiger partial charge in [0.25, 0.3) is 0 Å². The zero-order chi connectivity index (χ0) is 18.4. The van der Waals surface area contributed by atoms with Crippen LogP contribution in [0.5, 0.6) is 0 Å². The molecule has 2 N–H and O–H groups in total. The second kappa shape index (κ2) is 8.10. The monoisotopic (exact) mass is 340 g/mol. The van der Waals surface area contributed by atoms with E-state index in [4.69, 9.17) is 10.2 Å². The van der Waals surface area contributed by atoms with Crippen molar-refractivity contribution in [3.63, 3.8) is 0 Å². The number of aliphatic imine (C=N–C) groups is 1. The third-order valence-electron chi connectivity index (χ3n) is 3.86. The van der Waals surface area contributed by atoms with Crippen LogP contribution in [0.3, 0.4) is 0 Å². The van der Waals surface area contributed by atoms with E-state index in [2.05, 4.69) is 59.8 Å². The van der Waals surface area contributed by atoms with E-state index < -0.39 is 11.9 Å². The van der Waals surface area contributed by atoms with Crippen LogP contribution in [0.15, 0.2) is 53.5 Å². The minimum Gasteiger partial charge on any atom is -0.478 e. The Bertz CT molecular complexity index is 817. The third-order valence-corrected chi connectivity index (χ3v) is 3.86. The molecule has 25 heavy (non-hydrogen) atoms. The fraction of sp³-hybridized carbons (Fsp3) is 0.211. The van der Waals surface area contributed by atoms with Crippen LogP contribution in [0.1, 0.15) is 18.3 Å². The zero-order valence-corrected chi connectivity index (χ0v) is 14.1. The van der Waals surface area contributed by atoms with Crippen LogP contribution in [-0.4, -0.2) is 39.0 Å². The molecule has 1 aliphatic rings. The van der Waals surface area contributed by atoms with Crippen molar-refractivity contribution < 1.29 is 19.8 Å². The van der Waals surface area contributed by atoms with Gasteiger partial charge in [-0.3, -0.25) is 4.99 Å². The summed E-state index contributed by atoms with van der Waals surface area (Å²) in [5, 5.41) is 15.6. The van der Waals surface area contributed by atoms with Gasteiger partial charge in [-0.15, -0.1) is 0 Å². The van der Waals surface area contributed by atoms with E-state index in [1.165, 1.54) is 22.5 Å². The quantitative estimate of drug-likeness (QED) is 0.840. The Morgan fingerprint density at radius 1 is 1.08 bits per heavy atom. The lowest BCUT2D eigenvalue weighted by atomic mass is 10.1. The van der Waals surface area contributed by atoms with Crippen LogP contribution in [-0.2, 0) is 16.1 Å². The van der Waals surface area contributed by atoms with Crippen LogP contribution in [0.2, 0.25) is 0 Å². The number of carboxylic acids is 2. The van der Waals surface area contributed by atoms with Crippen molar-refractivity contribution in [1.82, 2.24) is 4.57 Å². The van der Waals surface area contributed by atoms with Gasteiger partial charge in [0.1, 0.15) is 0 Å². The molecule has 0 fully saturated rings. The Balaban J connectivity index is 0.000000242. The number of carbonyl (C=O) groups is 2. The lowest BCUT2D eigenvalue weighted by Gasteiger charge is -2.15. The number of hydrogen-bond donors (Lipinski definition) is 2. The molecular weight excluding hydrogens is 320 g/mol. The maximum absolute atomic E-state index is 9.55. The second-order valence-corrected chi connectivity index (χ2v) is 5.52. The summed E-state index contributed by atoms with van der Waals surface area (Å²) in [4.78, 5) is 23.6. The molecule has 0 saturated heterocycles. The average molecular weight is 340 g/mol. The molecule has 0 unspecified atom stereocenters. The van der Waals surface area contributed by atoms with Gasteiger partial charge in [-0.1, -0.05) is 30.3 Å². The number of fused-ring (bicyclic) bond motifs is 1. The van der Waals surface area contributed by atoms with E-state index in [9.17, 15) is 9.59 Å². The fourth-order valence-electron chi connectivity index (χ4n) is 2.68. The maximum Gasteiger partial charge on any atom is 0.328 e. The summed E-state index contributed by atoms with van der Waals surface area (Å²) >= 11 is 0. The summed E-state index contributed by atoms with van der Waals surface area (Å²) < 4.78 is 2.38. The Labute approximate surface area is 145 Å². The highest BCUT2D eigenvalue weighted by atomic mass is 16.4. The number of rotatable bonds is 3. The Morgan fingerprint density at radius 3 is 2.20 bits per heavy atom. The lowest BCUT2D eigenvalue weighted by molar-refractivity contribution is -0.134. The van der Waals surface area contributed by atoms with Crippen LogP contribution in [0.4, 0.5) is 0 Å². The topological polar surface area (TPSA) is 91.9 Å². The molecule has 1 aromatic heterocycles. The molecule has 0 aliphatic carbocycles. The molecule has 130 valence electrons. The predicted octanol–water partition coefficient (Wildman–Crippen LogP) is 3.00. The minimum absolute atomic E-state index is 0.558. The van der Waals surface area contributed by atoms with Crippen LogP contribution in [0, 0.1) is 6.92 Å². The molecule has 0 atom stereocenters.